The van der Waals surface area contributed by atoms with Gasteiger partial charge in [0.15, 0.2) is 5.69 Å². The van der Waals surface area contributed by atoms with Crippen LogP contribution in [0.2, 0.25) is 0 Å². The van der Waals surface area contributed by atoms with Crippen molar-refractivity contribution in [3.63, 3.8) is 0 Å². The molecule has 0 aliphatic carbocycles. The smallest absolute Gasteiger partial charge is 0.355 e. The van der Waals surface area contributed by atoms with Gasteiger partial charge in [-0.1, -0.05) is 11.3 Å². The topological polar surface area (TPSA) is 93.3 Å². The van der Waals surface area contributed by atoms with Crippen molar-refractivity contribution in [3.8, 4) is 9.88 Å². The van der Waals surface area contributed by atoms with Crippen LogP contribution in [-0.4, -0.2) is 21.0 Å². The van der Waals surface area contributed by atoms with Gasteiger partial charge in [0, 0.05) is 11.4 Å². The Morgan fingerprint density at radius 1 is 1.50 bits per heavy atom. The Bertz CT molecular complexity index is 510. The molecule has 0 aromatic carbocycles. The van der Waals surface area contributed by atoms with Crippen LogP contribution < -0.4 is 0 Å². The van der Waals surface area contributed by atoms with Gasteiger partial charge >= 0.3 is 11.0 Å². The van der Waals surface area contributed by atoms with Crippen molar-refractivity contribution in [2.75, 3.05) is 0 Å². The molecule has 0 atom stereocenters. The second-order valence-electron chi connectivity index (χ2n) is 2.74. The summed E-state index contributed by atoms with van der Waals surface area (Å²) in [7, 11) is 0. The monoisotopic (exact) mass is 256 g/mol. The second-order valence-corrected chi connectivity index (χ2v) is 4.66. The summed E-state index contributed by atoms with van der Waals surface area (Å²) in [5.41, 5.74) is -0.0453. The lowest BCUT2D eigenvalue weighted by molar-refractivity contribution is -0.380. The minimum absolute atomic E-state index is 0.0158. The van der Waals surface area contributed by atoms with E-state index in [0.717, 1.165) is 22.7 Å². The number of carbonyl (C=O) groups is 1. The van der Waals surface area contributed by atoms with Crippen molar-refractivity contribution >= 4 is 33.6 Å². The van der Waals surface area contributed by atoms with Crippen molar-refractivity contribution in [3.05, 3.63) is 33.3 Å². The summed E-state index contributed by atoms with van der Waals surface area (Å²) in [5.74, 6) is -1.10. The van der Waals surface area contributed by atoms with Crippen LogP contribution in [0.1, 0.15) is 10.5 Å². The molecule has 1 N–H and O–H groups in total. The van der Waals surface area contributed by atoms with Crippen LogP contribution >= 0.6 is 22.7 Å². The van der Waals surface area contributed by atoms with Gasteiger partial charge < -0.3 is 5.11 Å². The molecule has 0 aliphatic heterocycles. The van der Waals surface area contributed by atoms with Crippen molar-refractivity contribution in [1.29, 1.82) is 0 Å². The molecule has 82 valence electrons. The molecule has 8 heteroatoms. The van der Waals surface area contributed by atoms with Crippen LogP contribution in [0.3, 0.4) is 0 Å². The van der Waals surface area contributed by atoms with E-state index in [-0.39, 0.29) is 10.7 Å². The molecular weight excluding hydrogens is 252 g/mol. The SMILES string of the molecule is O=C(O)c1csc(-c2ccc([N+](=O)[O-])s2)n1. The number of hydrogen-bond acceptors (Lipinski definition) is 6. The molecule has 0 bridgehead atoms. The largest absolute Gasteiger partial charge is 0.476 e. The van der Waals surface area contributed by atoms with Crippen molar-refractivity contribution in [2.24, 2.45) is 0 Å². The highest BCUT2D eigenvalue weighted by Gasteiger charge is 2.15. The number of rotatable bonds is 3. The Balaban J connectivity index is 2.35. The van der Waals surface area contributed by atoms with Gasteiger partial charge in [-0.15, -0.1) is 11.3 Å². The standard InChI is InChI=1S/C8H4N2O4S2/c11-8(12)4-3-15-7(9-4)5-1-2-6(16-5)10(13)14/h1-3H,(H,11,12). The van der Waals surface area contributed by atoms with E-state index in [1.54, 1.807) is 6.07 Å². The third-order valence-corrected chi connectivity index (χ3v) is 3.75. The summed E-state index contributed by atoms with van der Waals surface area (Å²) >= 11 is 2.13. The average molecular weight is 256 g/mol. The van der Waals surface area contributed by atoms with Gasteiger partial charge in [-0.25, -0.2) is 9.78 Å². The first kappa shape index (κ1) is 10.7. The van der Waals surface area contributed by atoms with Gasteiger partial charge in [0.2, 0.25) is 0 Å². The summed E-state index contributed by atoms with van der Waals surface area (Å²) in [6, 6.07) is 2.94. The minimum atomic E-state index is -1.10. The Kier molecular flexibility index (Phi) is 2.67. The number of carboxylic acids is 1. The first-order valence-electron chi connectivity index (χ1n) is 4.01. The normalized spacial score (nSPS) is 10.2. The van der Waals surface area contributed by atoms with Gasteiger partial charge in [0.1, 0.15) is 5.01 Å². The first-order chi connectivity index (χ1) is 7.58. The number of carboxylic acid groups (broad SMARTS) is 1. The molecule has 2 heterocycles. The van der Waals surface area contributed by atoms with E-state index < -0.39 is 10.9 Å². The lowest BCUT2D eigenvalue weighted by Gasteiger charge is -1.86. The zero-order valence-corrected chi connectivity index (χ0v) is 9.25. The van der Waals surface area contributed by atoms with Gasteiger partial charge in [0.25, 0.3) is 0 Å². The van der Waals surface area contributed by atoms with Crippen LogP contribution in [0.4, 0.5) is 5.00 Å². The molecule has 0 spiro atoms. The summed E-state index contributed by atoms with van der Waals surface area (Å²) < 4.78 is 0. The lowest BCUT2D eigenvalue weighted by Crippen LogP contribution is -1.95. The highest BCUT2D eigenvalue weighted by atomic mass is 32.1. The molecule has 2 rings (SSSR count). The fourth-order valence-electron chi connectivity index (χ4n) is 1.03. The molecular formula is C8H4N2O4S2. The number of aromatic nitrogens is 1. The third kappa shape index (κ3) is 1.92. The highest BCUT2D eigenvalue weighted by Crippen LogP contribution is 2.34. The molecule has 6 nitrogen and oxygen atoms in total. The fourth-order valence-corrected chi connectivity index (χ4v) is 2.71. The van der Waals surface area contributed by atoms with Crippen molar-refractivity contribution in [1.82, 2.24) is 4.98 Å². The first-order valence-corrected chi connectivity index (χ1v) is 5.71. The number of thiophene rings is 1. The number of thiazole rings is 1. The van der Waals surface area contributed by atoms with Crippen LogP contribution in [-0.2, 0) is 0 Å². The van der Waals surface area contributed by atoms with E-state index in [2.05, 4.69) is 4.98 Å². The van der Waals surface area contributed by atoms with Gasteiger partial charge in [-0.3, -0.25) is 10.1 Å². The third-order valence-electron chi connectivity index (χ3n) is 1.71. The maximum Gasteiger partial charge on any atom is 0.355 e. The Labute approximate surface area is 97.0 Å². The summed E-state index contributed by atoms with van der Waals surface area (Å²) in [6.07, 6.45) is 0. The van der Waals surface area contributed by atoms with Crippen LogP contribution in [0.25, 0.3) is 9.88 Å². The molecule has 0 unspecified atom stereocenters. The molecule has 2 aromatic rings. The van der Waals surface area contributed by atoms with Crippen LogP contribution in [0.5, 0.6) is 0 Å². The second kappa shape index (κ2) is 3.99. The van der Waals surface area contributed by atoms with E-state index >= 15 is 0 Å². The molecule has 0 radical (unpaired) electrons. The van der Waals surface area contributed by atoms with Crippen molar-refractivity contribution in [2.45, 2.75) is 0 Å². The van der Waals surface area contributed by atoms with E-state index in [9.17, 15) is 14.9 Å². The molecule has 16 heavy (non-hydrogen) atoms. The van der Waals surface area contributed by atoms with Gasteiger partial charge in [-0.2, -0.15) is 0 Å². The predicted octanol–water partition coefficient (Wildman–Crippen LogP) is 2.48. The quantitative estimate of drug-likeness (QED) is 0.672. The molecule has 0 amide bonds. The average Bonchev–Trinajstić information content (AvgIpc) is 2.86. The maximum absolute atomic E-state index is 10.6. The lowest BCUT2D eigenvalue weighted by atomic mass is 10.4. The number of nitro groups is 1. The van der Waals surface area contributed by atoms with Crippen LogP contribution in [0.15, 0.2) is 17.5 Å². The molecule has 0 saturated carbocycles. The van der Waals surface area contributed by atoms with Gasteiger partial charge in [0.05, 0.1) is 9.80 Å². The maximum atomic E-state index is 10.6. The fraction of sp³-hybridized carbons (Fsp3) is 0. The van der Waals surface area contributed by atoms with Crippen molar-refractivity contribution < 1.29 is 14.8 Å². The van der Waals surface area contributed by atoms with Gasteiger partial charge in [-0.05, 0) is 6.07 Å². The number of hydrogen-bond donors (Lipinski definition) is 1. The zero-order valence-electron chi connectivity index (χ0n) is 7.61. The number of aromatic carboxylic acids is 1. The molecule has 0 aliphatic rings. The summed E-state index contributed by atoms with van der Waals surface area (Å²) in [5, 5.41) is 21.0. The predicted molar refractivity (Wildman–Crippen MR) is 59.0 cm³/mol. The number of nitrogens with zero attached hydrogens (tertiary/aromatic N) is 2. The van der Waals surface area contributed by atoms with Crippen LogP contribution in [0, 0.1) is 10.1 Å². The zero-order chi connectivity index (χ0) is 11.7. The summed E-state index contributed by atoms with van der Waals surface area (Å²) in [4.78, 5) is 25.0. The van der Waals surface area contributed by atoms with E-state index in [1.807, 2.05) is 0 Å². The van der Waals surface area contributed by atoms with E-state index in [1.165, 1.54) is 11.4 Å². The highest BCUT2D eigenvalue weighted by molar-refractivity contribution is 7.23. The molecule has 0 fully saturated rings. The summed E-state index contributed by atoms with van der Waals surface area (Å²) in [6.45, 7) is 0. The van der Waals surface area contributed by atoms with E-state index in [4.69, 9.17) is 5.11 Å². The Morgan fingerprint density at radius 3 is 2.75 bits per heavy atom. The molecule has 2 aromatic heterocycles. The minimum Gasteiger partial charge on any atom is -0.476 e. The molecule has 0 saturated heterocycles. The Morgan fingerprint density at radius 2 is 2.25 bits per heavy atom. The van der Waals surface area contributed by atoms with E-state index in [0.29, 0.717) is 9.88 Å². The Hall–Kier alpha value is -1.80.